The van der Waals surface area contributed by atoms with Crippen LogP contribution in [-0.2, 0) is 4.79 Å². The highest BCUT2D eigenvalue weighted by molar-refractivity contribution is 5.74. The average Bonchev–Trinajstić information content (AvgIpc) is 2.32. The molecule has 110 valence electrons. The lowest BCUT2D eigenvalue weighted by molar-refractivity contribution is -0.137. The molecular formula is C13H24N2O4. The number of piperidine rings is 1. The van der Waals surface area contributed by atoms with Gasteiger partial charge in [0.1, 0.15) is 0 Å². The van der Waals surface area contributed by atoms with Crippen molar-refractivity contribution in [2.24, 2.45) is 0 Å². The number of nitrogens with one attached hydrogen (secondary N) is 1. The molecule has 1 aliphatic rings. The summed E-state index contributed by atoms with van der Waals surface area (Å²) in [4.78, 5) is 23.8. The number of nitrogens with zero attached hydrogens (tertiary/aromatic N) is 1. The molecule has 3 N–H and O–H groups in total. The van der Waals surface area contributed by atoms with Gasteiger partial charge in [-0.25, -0.2) is 4.79 Å². The SMILES string of the molecule is CC1(O)CCN(C(=O)NCCCCCC(=O)O)CC1. The molecule has 2 amide bonds. The molecule has 1 fully saturated rings. The van der Waals surface area contributed by atoms with Crippen molar-refractivity contribution in [3.63, 3.8) is 0 Å². The number of rotatable bonds is 6. The number of hydrogen-bond donors (Lipinski definition) is 3. The van der Waals surface area contributed by atoms with Gasteiger partial charge < -0.3 is 20.4 Å². The second-order valence-corrected chi connectivity index (χ2v) is 5.42. The highest BCUT2D eigenvalue weighted by Gasteiger charge is 2.29. The lowest BCUT2D eigenvalue weighted by atomic mass is 9.94. The maximum absolute atomic E-state index is 11.8. The summed E-state index contributed by atoms with van der Waals surface area (Å²) in [5.74, 6) is -0.774. The second kappa shape index (κ2) is 7.33. The van der Waals surface area contributed by atoms with E-state index in [0.29, 0.717) is 38.9 Å². The minimum Gasteiger partial charge on any atom is -0.481 e. The summed E-state index contributed by atoms with van der Waals surface area (Å²) in [5, 5.41) is 21.1. The molecule has 0 saturated carbocycles. The monoisotopic (exact) mass is 272 g/mol. The maximum atomic E-state index is 11.8. The van der Waals surface area contributed by atoms with E-state index >= 15 is 0 Å². The van der Waals surface area contributed by atoms with Gasteiger partial charge >= 0.3 is 12.0 Å². The van der Waals surface area contributed by atoms with Crippen LogP contribution >= 0.6 is 0 Å². The first-order chi connectivity index (χ1) is 8.91. The Bertz CT molecular complexity index is 308. The van der Waals surface area contributed by atoms with Crippen LogP contribution in [0.3, 0.4) is 0 Å². The van der Waals surface area contributed by atoms with Crippen molar-refractivity contribution in [3.05, 3.63) is 0 Å². The van der Waals surface area contributed by atoms with E-state index in [1.165, 1.54) is 0 Å². The second-order valence-electron chi connectivity index (χ2n) is 5.42. The molecule has 1 aliphatic heterocycles. The topological polar surface area (TPSA) is 89.9 Å². The Kier molecular flexibility index (Phi) is 6.08. The van der Waals surface area contributed by atoms with Gasteiger partial charge in [-0.3, -0.25) is 4.79 Å². The predicted molar refractivity (Wildman–Crippen MR) is 70.9 cm³/mol. The summed E-state index contributed by atoms with van der Waals surface area (Å²) in [6.45, 7) is 3.53. The fourth-order valence-corrected chi connectivity index (χ4v) is 2.08. The molecule has 0 aromatic rings. The summed E-state index contributed by atoms with van der Waals surface area (Å²) >= 11 is 0. The Morgan fingerprint density at radius 2 is 1.84 bits per heavy atom. The molecule has 6 nitrogen and oxygen atoms in total. The molecule has 0 bridgehead atoms. The number of carboxylic acid groups (broad SMARTS) is 1. The Balaban J connectivity index is 2.07. The van der Waals surface area contributed by atoms with E-state index in [4.69, 9.17) is 5.11 Å². The summed E-state index contributed by atoms with van der Waals surface area (Å²) in [6.07, 6.45) is 3.66. The lowest BCUT2D eigenvalue weighted by Gasteiger charge is -2.35. The summed E-state index contributed by atoms with van der Waals surface area (Å²) in [5.41, 5.74) is -0.645. The Morgan fingerprint density at radius 3 is 2.42 bits per heavy atom. The number of hydrogen-bond acceptors (Lipinski definition) is 3. The first kappa shape index (κ1) is 15.8. The van der Waals surface area contributed by atoms with Gasteiger partial charge in [-0.05, 0) is 32.6 Å². The molecule has 0 atom stereocenters. The standard InChI is InChI=1S/C13H24N2O4/c1-13(19)6-9-15(10-7-13)12(18)14-8-4-2-3-5-11(16)17/h19H,2-10H2,1H3,(H,14,18)(H,16,17). The normalized spacial score (nSPS) is 18.1. The van der Waals surface area contributed by atoms with Gasteiger partial charge in [-0.1, -0.05) is 6.42 Å². The molecule has 6 heteroatoms. The van der Waals surface area contributed by atoms with Crippen molar-refractivity contribution in [1.82, 2.24) is 10.2 Å². The highest BCUT2D eigenvalue weighted by atomic mass is 16.4. The summed E-state index contributed by atoms with van der Waals surface area (Å²) < 4.78 is 0. The molecule has 0 aromatic carbocycles. The predicted octanol–water partition coefficient (Wildman–Crippen LogP) is 1.19. The van der Waals surface area contributed by atoms with Gasteiger partial charge in [0.25, 0.3) is 0 Å². The third-order valence-electron chi connectivity index (χ3n) is 3.47. The highest BCUT2D eigenvalue weighted by Crippen LogP contribution is 2.20. The number of urea groups is 1. The van der Waals surface area contributed by atoms with Crippen LogP contribution in [0.15, 0.2) is 0 Å². The zero-order valence-corrected chi connectivity index (χ0v) is 11.5. The van der Waals surface area contributed by atoms with Gasteiger partial charge in [0.15, 0.2) is 0 Å². The van der Waals surface area contributed by atoms with E-state index in [2.05, 4.69) is 5.32 Å². The maximum Gasteiger partial charge on any atom is 0.317 e. The molecule has 1 saturated heterocycles. The van der Waals surface area contributed by atoms with Crippen molar-refractivity contribution in [2.75, 3.05) is 19.6 Å². The molecule has 1 rings (SSSR count). The third kappa shape index (κ3) is 6.42. The van der Waals surface area contributed by atoms with E-state index in [0.717, 1.165) is 12.8 Å². The van der Waals surface area contributed by atoms with Crippen molar-refractivity contribution in [1.29, 1.82) is 0 Å². The number of aliphatic hydroxyl groups is 1. The van der Waals surface area contributed by atoms with Gasteiger partial charge in [0, 0.05) is 26.1 Å². The first-order valence-corrected chi connectivity index (χ1v) is 6.88. The van der Waals surface area contributed by atoms with E-state index < -0.39 is 11.6 Å². The number of aliphatic carboxylic acids is 1. The summed E-state index contributed by atoms with van der Waals surface area (Å²) in [6, 6.07) is -0.0891. The fourth-order valence-electron chi connectivity index (χ4n) is 2.08. The average molecular weight is 272 g/mol. The number of carboxylic acids is 1. The van der Waals surface area contributed by atoms with E-state index in [9.17, 15) is 14.7 Å². The zero-order valence-electron chi connectivity index (χ0n) is 11.5. The van der Waals surface area contributed by atoms with Crippen LogP contribution in [0.2, 0.25) is 0 Å². The van der Waals surface area contributed by atoms with Crippen molar-refractivity contribution in [2.45, 2.75) is 51.0 Å². The molecular weight excluding hydrogens is 248 g/mol. The van der Waals surface area contributed by atoms with Crippen LogP contribution in [0.5, 0.6) is 0 Å². The smallest absolute Gasteiger partial charge is 0.317 e. The number of carbonyl (C=O) groups excluding carboxylic acids is 1. The quantitative estimate of drug-likeness (QED) is 0.633. The Labute approximate surface area is 113 Å². The van der Waals surface area contributed by atoms with Crippen LogP contribution in [0.1, 0.15) is 45.4 Å². The number of unbranched alkanes of at least 4 members (excludes halogenated alkanes) is 2. The molecule has 0 aromatic heterocycles. The number of carbonyl (C=O) groups is 2. The Hall–Kier alpha value is -1.30. The van der Waals surface area contributed by atoms with Crippen molar-refractivity contribution >= 4 is 12.0 Å². The molecule has 0 spiro atoms. The minimum atomic E-state index is -0.774. The number of amides is 2. The fraction of sp³-hybridized carbons (Fsp3) is 0.846. The molecule has 0 radical (unpaired) electrons. The van der Waals surface area contributed by atoms with Gasteiger partial charge in [-0.15, -0.1) is 0 Å². The Morgan fingerprint density at radius 1 is 1.21 bits per heavy atom. The van der Waals surface area contributed by atoms with Crippen LogP contribution in [0.25, 0.3) is 0 Å². The van der Waals surface area contributed by atoms with Crippen LogP contribution in [-0.4, -0.2) is 52.3 Å². The third-order valence-corrected chi connectivity index (χ3v) is 3.47. The van der Waals surface area contributed by atoms with Crippen molar-refractivity contribution in [3.8, 4) is 0 Å². The van der Waals surface area contributed by atoms with Gasteiger partial charge in [0.05, 0.1) is 5.60 Å². The van der Waals surface area contributed by atoms with Gasteiger partial charge in [-0.2, -0.15) is 0 Å². The van der Waals surface area contributed by atoms with E-state index in [-0.39, 0.29) is 12.5 Å². The van der Waals surface area contributed by atoms with Crippen LogP contribution in [0.4, 0.5) is 4.79 Å². The van der Waals surface area contributed by atoms with E-state index in [1.54, 1.807) is 11.8 Å². The first-order valence-electron chi connectivity index (χ1n) is 6.88. The molecule has 0 aliphatic carbocycles. The van der Waals surface area contributed by atoms with Crippen LogP contribution in [0, 0.1) is 0 Å². The van der Waals surface area contributed by atoms with E-state index in [1.807, 2.05) is 0 Å². The lowest BCUT2D eigenvalue weighted by Crippen LogP contribution is -2.48. The van der Waals surface area contributed by atoms with Crippen molar-refractivity contribution < 1.29 is 19.8 Å². The zero-order chi connectivity index (χ0) is 14.3. The number of likely N-dealkylation sites (tertiary alicyclic amines) is 1. The largest absolute Gasteiger partial charge is 0.481 e. The molecule has 1 heterocycles. The molecule has 0 unspecified atom stereocenters. The van der Waals surface area contributed by atoms with Crippen LogP contribution < -0.4 is 5.32 Å². The minimum absolute atomic E-state index is 0.0891. The van der Waals surface area contributed by atoms with Gasteiger partial charge in [0.2, 0.25) is 0 Å². The molecule has 19 heavy (non-hydrogen) atoms. The summed E-state index contributed by atoms with van der Waals surface area (Å²) in [7, 11) is 0.